The third-order valence-corrected chi connectivity index (χ3v) is 7.41. The fourth-order valence-corrected chi connectivity index (χ4v) is 5.01. The molecule has 0 saturated carbocycles. The summed E-state index contributed by atoms with van der Waals surface area (Å²) in [6, 6.07) is 17.4. The Morgan fingerprint density at radius 2 is 1.74 bits per heavy atom. The minimum absolute atomic E-state index is 0.230. The van der Waals surface area contributed by atoms with Crippen molar-refractivity contribution in [3.63, 3.8) is 0 Å². The molecular weight excluding hydrogens is 380 g/mol. The Bertz CT molecular complexity index is 1030. The van der Waals surface area contributed by atoms with Crippen LogP contribution in [-0.4, -0.2) is 21.4 Å². The van der Waals surface area contributed by atoms with E-state index < -0.39 is 10.0 Å². The maximum absolute atomic E-state index is 12.6. The first-order valence-corrected chi connectivity index (χ1v) is 10.8. The Morgan fingerprint density at radius 3 is 2.37 bits per heavy atom. The quantitative estimate of drug-likeness (QED) is 0.667. The fourth-order valence-electron chi connectivity index (χ4n) is 2.65. The molecule has 0 aliphatic rings. The zero-order chi connectivity index (χ0) is 19.4. The van der Waals surface area contributed by atoms with E-state index in [-0.39, 0.29) is 10.1 Å². The smallest absolute Gasteiger partial charge is 0.273 e. The molecule has 0 bridgehead atoms. The first kappa shape index (κ1) is 19.1. The van der Waals surface area contributed by atoms with Gasteiger partial charge in [0, 0.05) is 18.3 Å². The second-order valence-electron chi connectivity index (χ2n) is 5.92. The van der Waals surface area contributed by atoms with Crippen LogP contribution in [0.5, 0.6) is 0 Å². The van der Waals surface area contributed by atoms with Gasteiger partial charge in [0.15, 0.2) is 0 Å². The molecule has 0 fully saturated rings. The van der Waals surface area contributed by atoms with E-state index in [0.29, 0.717) is 11.3 Å². The second kappa shape index (κ2) is 7.94. The van der Waals surface area contributed by atoms with Gasteiger partial charge < -0.3 is 5.32 Å². The number of para-hydroxylation sites is 1. The maximum atomic E-state index is 12.6. The summed E-state index contributed by atoms with van der Waals surface area (Å²) >= 11 is 1.17. The van der Waals surface area contributed by atoms with Crippen molar-refractivity contribution in [1.29, 1.82) is 0 Å². The van der Waals surface area contributed by atoms with Gasteiger partial charge in [-0.15, -0.1) is 11.3 Å². The predicted octanol–water partition coefficient (Wildman–Crippen LogP) is 4.39. The first-order valence-electron chi connectivity index (χ1n) is 8.45. The van der Waals surface area contributed by atoms with Crippen molar-refractivity contribution >= 4 is 38.6 Å². The third-order valence-electron chi connectivity index (χ3n) is 4.25. The molecular formula is C20H20N2O3S2. The summed E-state index contributed by atoms with van der Waals surface area (Å²) in [7, 11) is -2.09. The molecule has 0 spiro atoms. The summed E-state index contributed by atoms with van der Waals surface area (Å²) in [4.78, 5) is 12.5. The molecule has 5 nitrogen and oxygen atoms in total. The minimum Gasteiger partial charge on any atom is -0.322 e. The van der Waals surface area contributed by atoms with Crippen molar-refractivity contribution in [3.8, 4) is 0 Å². The molecule has 0 unspecified atom stereocenters. The number of nitrogens with one attached hydrogen (secondary N) is 1. The van der Waals surface area contributed by atoms with Crippen LogP contribution in [0.15, 0.2) is 70.3 Å². The van der Waals surface area contributed by atoms with E-state index in [1.54, 1.807) is 41.8 Å². The monoisotopic (exact) mass is 400 g/mol. The lowest BCUT2D eigenvalue weighted by Crippen LogP contribution is -2.25. The van der Waals surface area contributed by atoms with Crippen molar-refractivity contribution in [2.75, 3.05) is 16.7 Å². The number of anilines is 2. The second-order valence-corrected chi connectivity index (χ2v) is 9.06. The largest absolute Gasteiger partial charge is 0.322 e. The van der Waals surface area contributed by atoms with Crippen LogP contribution in [-0.2, 0) is 16.4 Å². The van der Waals surface area contributed by atoms with Gasteiger partial charge in [-0.25, -0.2) is 8.42 Å². The number of sulfonamides is 1. The van der Waals surface area contributed by atoms with Crippen LogP contribution < -0.4 is 9.62 Å². The average molecular weight is 401 g/mol. The van der Waals surface area contributed by atoms with Crippen LogP contribution in [0, 0.1) is 0 Å². The summed E-state index contributed by atoms with van der Waals surface area (Å²) in [5.74, 6) is -0.230. The first-order chi connectivity index (χ1) is 12.9. The number of carbonyl (C=O) groups is 1. The van der Waals surface area contributed by atoms with Crippen molar-refractivity contribution in [1.82, 2.24) is 0 Å². The maximum Gasteiger partial charge on any atom is 0.273 e. The molecule has 0 saturated heterocycles. The summed E-state index contributed by atoms with van der Waals surface area (Å²) in [6.45, 7) is 2.03. The molecule has 2 aromatic carbocycles. The average Bonchev–Trinajstić information content (AvgIpc) is 3.23. The summed E-state index contributed by atoms with van der Waals surface area (Å²) in [5.41, 5.74) is 2.80. The number of hydrogen-bond donors (Lipinski definition) is 1. The molecule has 0 aliphatic heterocycles. The Kier molecular flexibility index (Phi) is 5.62. The molecule has 3 aromatic rings. The van der Waals surface area contributed by atoms with Crippen molar-refractivity contribution in [3.05, 3.63) is 77.2 Å². The van der Waals surface area contributed by atoms with Gasteiger partial charge in [0.2, 0.25) is 0 Å². The lowest BCUT2D eigenvalue weighted by atomic mass is 10.1. The Labute approximate surface area is 163 Å². The molecule has 0 radical (unpaired) electrons. The lowest BCUT2D eigenvalue weighted by molar-refractivity contribution is 0.102. The van der Waals surface area contributed by atoms with Gasteiger partial charge >= 0.3 is 0 Å². The number of hydrogen-bond acceptors (Lipinski definition) is 4. The normalized spacial score (nSPS) is 11.2. The molecule has 1 aromatic heterocycles. The van der Waals surface area contributed by atoms with E-state index in [1.807, 2.05) is 31.2 Å². The third kappa shape index (κ3) is 4.04. The number of rotatable bonds is 6. The number of aryl methyl sites for hydroxylation is 1. The number of carbonyl (C=O) groups excluding carboxylic acids is 1. The molecule has 1 N–H and O–H groups in total. The number of nitrogens with zero attached hydrogens (tertiary/aromatic N) is 1. The predicted molar refractivity (Wildman–Crippen MR) is 110 cm³/mol. The van der Waals surface area contributed by atoms with Gasteiger partial charge in [-0.1, -0.05) is 31.2 Å². The molecule has 1 heterocycles. The SMILES string of the molecule is CCc1ccccc1NC(=O)c1ccc(N(C)S(=O)(=O)c2cccs2)cc1. The van der Waals surface area contributed by atoms with Crippen LogP contribution in [0.3, 0.4) is 0 Å². The van der Waals surface area contributed by atoms with Crippen molar-refractivity contribution in [2.24, 2.45) is 0 Å². The molecule has 27 heavy (non-hydrogen) atoms. The van der Waals surface area contributed by atoms with Gasteiger partial charge in [-0.05, 0) is 53.8 Å². The van der Waals surface area contributed by atoms with E-state index in [9.17, 15) is 13.2 Å². The van der Waals surface area contributed by atoms with Crippen LogP contribution in [0.1, 0.15) is 22.8 Å². The summed E-state index contributed by atoms with van der Waals surface area (Å²) < 4.78 is 26.7. The zero-order valence-electron chi connectivity index (χ0n) is 15.0. The Hall–Kier alpha value is -2.64. The van der Waals surface area contributed by atoms with Crippen LogP contribution in [0.4, 0.5) is 11.4 Å². The summed E-state index contributed by atoms with van der Waals surface area (Å²) in [6.07, 6.45) is 0.820. The van der Waals surface area contributed by atoms with E-state index in [4.69, 9.17) is 0 Å². The molecule has 140 valence electrons. The highest BCUT2D eigenvalue weighted by Gasteiger charge is 2.22. The zero-order valence-corrected chi connectivity index (χ0v) is 16.7. The molecule has 3 rings (SSSR count). The van der Waals surface area contributed by atoms with Crippen LogP contribution in [0.25, 0.3) is 0 Å². The number of amides is 1. The van der Waals surface area contributed by atoms with Crippen LogP contribution >= 0.6 is 11.3 Å². The van der Waals surface area contributed by atoms with Gasteiger partial charge in [-0.3, -0.25) is 9.10 Å². The highest BCUT2D eigenvalue weighted by molar-refractivity contribution is 7.94. The molecule has 1 amide bonds. The van der Waals surface area contributed by atoms with Crippen LogP contribution in [0.2, 0.25) is 0 Å². The van der Waals surface area contributed by atoms with E-state index >= 15 is 0 Å². The van der Waals surface area contributed by atoms with E-state index in [1.165, 1.54) is 22.7 Å². The van der Waals surface area contributed by atoms with E-state index in [2.05, 4.69) is 5.32 Å². The molecule has 7 heteroatoms. The van der Waals surface area contributed by atoms with Gasteiger partial charge in [0.25, 0.3) is 15.9 Å². The van der Waals surface area contributed by atoms with Gasteiger partial charge in [0.1, 0.15) is 4.21 Å². The standard InChI is InChI=1S/C20H20N2O3S2/c1-3-15-7-4-5-8-18(15)21-20(23)16-10-12-17(13-11-16)22(2)27(24,25)19-9-6-14-26-19/h4-14H,3H2,1-2H3,(H,21,23). The minimum atomic E-state index is -3.59. The van der Waals surface area contributed by atoms with Gasteiger partial charge in [0.05, 0.1) is 5.69 Å². The Morgan fingerprint density at radius 1 is 1.04 bits per heavy atom. The van der Waals surface area contributed by atoms with Crippen molar-refractivity contribution in [2.45, 2.75) is 17.6 Å². The number of benzene rings is 2. The number of thiophene rings is 1. The van der Waals surface area contributed by atoms with E-state index in [0.717, 1.165) is 17.7 Å². The molecule has 0 atom stereocenters. The Balaban J connectivity index is 1.78. The molecule has 0 aliphatic carbocycles. The van der Waals surface area contributed by atoms with Crippen molar-refractivity contribution < 1.29 is 13.2 Å². The highest BCUT2D eigenvalue weighted by atomic mass is 32.2. The van der Waals surface area contributed by atoms with Gasteiger partial charge in [-0.2, -0.15) is 0 Å². The summed E-state index contributed by atoms with van der Waals surface area (Å²) in [5, 5.41) is 4.63. The topological polar surface area (TPSA) is 66.5 Å². The lowest BCUT2D eigenvalue weighted by Gasteiger charge is -2.18. The fraction of sp³-hybridized carbons (Fsp3) is 0.150. The highest BCUT2D eigenvalue weighted by Crippen LogP contribution is 2.25.